The molecule has 0 aliphatic carbocycles. The Balaban J connectivity index is 2.65. The Bertz CT molecular complexity index is 344. The number of benzene rings is 1. The highest BCUT2D eigenvalue weighted by Crippen LogP contribution is 2.19. The SMILES string of the molecule is CSCCNc1ccc(C#N)cc1N. The van der Waals surface area contributed by atoms with Gasteiger partial charge in [-0.3, -0.25) is 0 Å². The minimum absolute atomic E-state index is 0.595. The van der Waals surface area contributed by atoms with Gasteiger partial charge >= 0.3 is 0 Å². The lowest BCUT2D eigenvalue weighted by Gasteiger charge is -2.08. The number of hydrogen-bond acceptors (Lipinski definition) is 4. The van der Waals surface area contributed by atoms with Crippen LogP contribution in [-0.2, 0) is 0 Å². The van der Waals surface area contributed by atoms with Gasteiger partial charge in [0.25, 0.3) is 0 Å². The van der Waals surface area contributed by atoms with Crippen LogP contribution in [0.25, 0.3) is 0 Å². The lowest BCUT2D eigenvalue weighted by Crippen LogP contribution is -2.06. The molecule has 14 heavy (non-hydrogen) atoms. The maximum atomic E-state index is 8.64. The van der Waals surface area contributed by atoms with Crippen LogP contribution in [0.3, 0.4) is 0 Å². The Morgan fingerprint density at radius 3 is 2.93 bits per heavy atom. The molecule has 0 aromatic heterocycles. The summed E-state index contributed by atoms with van der Waals surface area (Å²) in [5.74, 6) is 1.04. The van der Waals surface area contributed by atoms with Crippen LogP contribution in [0.5, 0.6) is 0 Å². The summed E-state index contributed by atoms with van der Waals surface area (Å²) >= 11 is 1.78. The van der Waals surface area contributed by atoms with Crippen molar-refractivity contribution in [3.05, 3.63) is 23.8 Å². The number of anilines is 2. The molecule has 1 aromatic carbocycles. The quantitative estimate of drug-likeness (QED) is 0.585. The third-order valence-electron chi connectivity index (χ3n) is 1.80. The Labute approximate surface area is 88.3 Å². The van der Waals surface area contributed by atoms with Crippen molar-refractivity contribution >= 4 is 23.1 Å². The highest BCUT2D eigenvalue weighted by molar-refractivity contribution is 7.98. The fourth-order valence-electron chi connectivity index (χ4n) is 1.08. The number of thioether (sulfide) groups is 1. The lowest BCUT2D eigenvalue weighted by atomic mass is 10.2. The van der Waals surface area contributed by atoms with E-state index in [-0.39, 0.29) is 0 Å². The number of nitrogens with two attached hydrogens (primary N) is 1. The molecule has 0 heterocycles. The predicted octanol–water partition coefficient (Wildman–Crippen LogP) is 1.92. The summed E-state index contributed by atoms with van der Waals surface area (Å²) in [5.41, 5.74) is 7.88. The molecule has 0 saturated heterocycles. The zero-order chi connectivity index (χ0) is 10.4. The molecule has 0 bridgehead atoms. The molecule has 0 amide bonds. The van der Waals surface area contributed by atoms with Gasteiger partial charge in [-0.05, 0) is 24.5 Å². The Morgan fingerprint density at radius 2 is 2.36 bits per heavy atom. The largest absolute Gasteiger partial charge is 0.397 e. The van der Waals surface area contributed by atoms with E-state index in [1.165, 1.54) is 0 Å². The standard InChI is InChI=1S/C10H13N3S/c1-14-5-4-13-10-3-2-8(7-11)6-9(10)12/h2-3,6,13H,4-5,12H2,1H3. The highest BCUT2D eigenvalue weighted by atomic mass is 32.2. The van der Waals surface area contributed by atoms with Gasteiger partial charge in [-0.25, -0.2) is 0 Å². The summed E-state index contributed by atoms with van der Waals surface area (Å²) in [4.78, 5) is 0. The maximum Gasteiger partial charge on any atom is 0.0992 e. The molecule has 1 rings (SSSR count). The number of nitrogens with one attached hydrogen (secondary N) is 1. The van der Waals surface area contributed by atoms with Gasteiger partial charge in [0.2, 0.25) is 0 Å². The Hall–Kier alpha value is -1.34. The van der Waals surface area contributed by atoms with E-state index in [9.17, 15) is 0 Å². The van der Waals surface area contributed by atoms with Gasteiger partial charge in [0.05, 0.1) is 23.0 Å². The molecule has 3 nitrogen and oxygen atoms in total. The fraction of sp³-hybridized carbons (Fsp3) is 0.300. The second-order valence-electron chi connectivity index (χ2n) is 2.83. The molecule has 0 radical (unpaired) electrons. The van der Waals surface area contributed by atoms with Gasteiger partial charge in [-0.2, -0.15) is 17.0 Å². The lowest BCUT2D eigenvalue weighted by molar-refractivity contribution is 1.23. The summed E-state index contributed by atoms with van der Waals surface area (Å²) in [7, 11) is 0. The summed E-state index contributed by atoms with van der Waals surface area (Å²) in [6.45, 7) is 0.886. The van der Waals surface area contributed by atoms with Crippen LogP contribution in [0.15, 0.2) is 18.2 Å². The summed E-state index contributed by atoms with van der Waals surface area (Å²) in [6, 6.07) is 7.34. The Kier molecular flexibility index (Phi) is 4.14. The van der Waals surface area contributed by atoms with E-state index in [2.05, 4.69) is 17.6 Å². The number of nitrogen functional groups attached to an aromatic ring is 1. The van der Waals surface area contributed by atoms with E-state index in [0.717, 1.165) is 18.0 Å². The first-order valence-electron chi connectivity index (χ1n) is 4.30. The summed E-state index contributed by atoms with van der Waals surface area (Å²) in [5, 5.41) is 11.8. The number of rotatable bonds is 4. The fourth-order valence-corrected chi connectivity index (χ4v) is 1.39. The van der Waals surface area contributed by atoms with Gasteiger partial charge in [-0.15, -0.1) is 0 Å². The van der Waals surface area contributed by atoms with E-state index < -0.39 is 0 Å². The second-order valence-corrected chi connectivity index (χ2v) is 3.82. The third kappa shape index (κ3) is 2.86. The van der Waals surface area contributed by atoms with Gasteiger partial charge in [0.15, 0.2) is 0 Å². The zero-order valence-electron chi connectivity index (χ0n) is 8.08. The molecule has 0 aliphatic heterocycles. The minimum atomic E-state index is 0.595. The Morgan fingerprint density at radius 1 is 1.57 bits per heavy atom. The average molecular weight is 207 g/mol. The smallest absolute Gasteiger partial charge is 0.0992 e. The molecule has 0 unspecified atom stereocenters. The predicted molar refractivity (Wildman–Crippen MR) is 62.4 cm³/mol. The van der Waals surface area contributed by atoms with Gasteiger partial charge in [-0.1, -0.05) is 0 Å². The number of nitriles is 1. The molecular formula is C10H13N3S. The van der Waals surface area contributed by atoms with Crippen molar-refractivity contribution in [1.29, 1.82) is 5.26 Å². The molecule has 0 saturated carbocycles. The molecule has 74 valence electrons. The highest BCUT2D eigenvalue weighted by Gasteiger charge is 1.98. The number of nitrogens with zero attached hydrogens (tertiary/aromatic N) is 1. The first-order valence-corrected chi connectivity index (χ1v) is 5.69. The van der Waals surface area contributed by atoms with Crippen LogP contribution in [0, 0.1) is 11.3 Å². The number of hydrogen-bond donors (Lipinski definition) is 2. The van der Waals surface area contributed by atoms with Crippen molar-refractivity contribution in [3.63, 3.8) is 0 Å². The van der Waals surface area contributed by atoms with Crippen molar-refractivity contribution in [2.24, 2.45) is 0 Å². The van der Waals surface area contributed by atoms with Gasteiger partial charge in [0.1, 0.15) is 0 Å². The van der Waals surface area contributed by atoms with Crippen LogP contribution in [-0.4, -0.2) is 18.6 Å². The van der Waals surface area contributed by atoms with Crippen molar-refractivity contribution in [1.82, 2.24) is 0 Å². The minimum Gasteiger partial charge on any atom is -0.397 e. The molecule has 0 atom stereocenters. The van der Waals surface area contributed by atoms with E-state index in [4.69, 9.17) is 11.0 Å². The topological polar surface area (TPSA) is 61.8 Å². The second kappa shape index (κ2) is 5.40. The van der Waals surface area contributed by atoms with Crippen LogP contribution in [0.4, 0.5) is 11.4 Å². The summed E-state index contributed by atoms with van der Waals surface area (Å²) < 4.78 is 0. The molecule has 3 N–H and O–H groups in total. The van der Waals surface area contributed by atoms with Crippen molar-refractivity contribution in [2.75, 3.05) is 29.6 Å². The van der Waals surface area contributed by atoms with Crippen LogP contribution in [0.2, 0.25) is 0 Å². The van der Waals surface area contributed by atoms with Crippen LogP contribution >= 0.6 is 11.8 Å². The molecule has 1 aromatic rings. The van der Waals surface area contributed by atoms with Crippen molar-refractivity contribution < 1.29 is 0 Å². The normalized spacial score (nSPS) is 9.43. The maximum absolute atomic E-state index is 8.64. The van der Waals surface area contributed by atoms with Crippen molar-refractivity contribution in [3.8, 4) is 6.07 Å². The van der Waals surface area contributed by atoms with E-state index in [1.54, 1.807) is 23.9 Å². The zero-order valence-corrected chi connectivity index (χ0v) is 8.90. The summed E-state index contributed by atoms with van der Waals surface area (Å²) in [6.07, 6.45) is 2.06. The van der Waals surface area contributed by atoms with Gasteiger partial charge in [0, 0.05) is 12.3 Å². The van der Waals surface area contributed by atoms with Crippen LogP contribution in [0.1, 0.15) is 5.56 Å². The van der Waals surface area contributed by atoms with Gasteiger partial charge < -0.3 is 11.1 Å². The third-order valence-corrected chi connectivity index (χ3v) is 2.41. The first kappa shape index (κ1) is 10.7. The molecule has 0 spiro atoms. The molecule has 0 aliphatic rings. The van der Waals surface area contributed by atoms with Crippen LogP contribution < -0.4 is 11.1 Å². The van der Waals surface area contributed by atoms with E-state index in [0.29, 0.717) is 11.3 Å². The molecule has 0 fully saturated rings. The first-order chi connectivity index (χ1) is 6.77. The monoisotopic (exact) mass is 207 g/mol. The van der Waals surface area contributed by atoms with E-state index in [1.807, 2.05) is 6.07 Å². The molecular weight excluding hydrogens is 194 g/mol. The molecule has 4 heteroatoms. The van der Waals surface area contributed by atoms with E-state index >= 15 is 0 Å². The average Bonchev–Trinajstić information content (AvgIpc) is 2.20. The van der Waals surface area contributed by atoms with Crippen molar-refractivity contribution in [2.45, 2.75) is 0 Å².